The molecule has 0 bridgehead atoms. The molecule has 0 aliphatic carbocycles. The number of aliphatic hydroxyl groups is 1. The van der Waals surface area contributed by atoms with Crippen LogP contribution in [0, 0.1) is 0 Å². The Morgan fingerprint density at radius 2 is 2.23 bits per heavy atom. The van der Waals surface area contributed by atoms with Gasteiger partial charge in [0.1, 0.15) is 0 Å². The highest BCUT2D eigenvalue weighted by atomic mass is 35.5. The lowest BCUT2D eigenvalue weighted by molar-refractivity contribution is -0.153. The number of carbonyl (C=O) groups excluding carboxylic acids is 1. The summed E-state index contributed by atoms with van der Waals surface area (Å²) in [5, 5.41) is 9.12. The second-order valence-corrected chi connectivity index (χ2v) is 3.25. The van der Waals surface area contributed by atoms with Crippen LogP contribution in [0.3, 0.4) is 0 Å². The van der Waals surface area contributed by atoms with E-state index in [4.69, 9.17) is 21.4 Å². The van der Waals surface area contributed by atoms with Crippen molar-refractivity contribution in [1.82, 2.24) is 0 Å². The lowest BCUT2D eigenvalue weighted by Crippen LogP contribution is -2.23. The van der Waals surface area contributed by atoms with Gasteiger partial charge in [0.25, 0.3) is 0 Å². The Morgan fingerprint density at radius 3 is 2.77 bits per heavy atom. The van der Waals surface area contributed by atoms with Gasteiger partial charge >= 0.3 is 5.97 Å². The van der Waals surface area contributed by atoms with Gasteiger partial charge in [0, 0.05) is 5.88 Å². The third kappa shape index (κ3) is 6.84. The summed E-state index contributed by atoms with van der Waals surface area (Å²) in [7, 11) is 0. The molecule has 3 nitrogen and oxygen atoms in total. The molecule has 0 aromatic rings. The van der Waals surface area contributed by atoms with E-state index >= 15 is 0 Å². The smallest absolute Gasteiger partial charge is 0.334 e. The van der Waals surface area contributed by atoms with Gasteiger partial charge in [-0.05, 0) is 12.8 Å². The third-order valence-corrected chi connectivity index (χ3v) is 1.87. The van der Waals surface area contributed by atoms with E-state index in [0.29, 0.717) is 6.61 Å². The van der Waals surface area contributed by atoms with Crippen molar-refractivity contribution in [3.63, 3.8) is 0 Å². The molecule has 0 saturated carbocycles. The maximum Gasteiger partial charge on any atom is 0.334 e. The van der Waals surface area contributed by atoms with Gasteiger partial charge in [-0.3, -0.25) is 0 Å². The second-order valence-electron chi connectivity index (χ2n) is 2.87. The zero-order chi connectivity index (χ0) is 10.1. The lowest BCUT2D eigenvalue weighted by Gasteiger charge is -2.08. The van der Waals surface area contributed by atoms with E-state index in [-0.39, 0.29) is 12.3 Å². The first kappa shape index (κ1) is 12.7. The summed E-state index contributed by atoms with van der Waals surface area (Å²) in [5.41, 5.74) is 0. The molecule has 0 amide bonds. The number of esters is 1. The molecule has 4 heteroatoms. The summed E-state index contributed by atoms with van der Waals surface area (Å²) in [6, 6.07) is 0. The number of rotatable bonds is 7. The molecule has 0 aliphatic rings. The predicted octanol–water partition coefficient (Wildman–Crippen LogP) is 1.71. The van der Waals surface area contributed by atoms with Crippen molar-refractivity contribution in [2.24, 2.45) is 0 Å². The number of aliphatic hydroxyl groups excluding tert-OH is 1. The Hall–Kier alpha value is -0.280. The van der Waals surface area contributed by atoms with Crippen LogP contribution < -0.4 is 0 Å². The van der Waals surface area contributed by atoms with Gasteiger partial charge in [-0.1, -0.05) is 19.8 Å². The van der Waals surface area contributed by atoms with E-state index in [1.807, 2.05) is 0 Å². The molecule has 0 fully saturated rings. The van der Waals surface area contributed by atoms with Gasteiger partial charge in [0.2, 0.25) is 0 Å². The standard InChI is InChI=1S/C9H17ClO3/c1-2-3-4-7-13-9(12)8(11)5-6-10/h8,11H,2-7H2,1H3/t8-/m1/s1. The molecular weight excluding hydrogens is 192 g/mol. The zero-order valence-corrected chi connectivity index (χ0v) is 8.72. The van der Waals surface area contributed by atoms with Crippen LogP contribution in [0.25, 0.3) is 0 Å². The maximum atomic E-state index is 11.0. The van der Waals surface area contributed by atoms with Crippen molar-refractivity contribution in [2.45, 2.75) is 38.7 Å². The molecule has 0 aromatic heterocycles. The summed E-state index contributed by atoms with van der Waals surface area (Å²) < 4.78 is 4.81. The number of ether oxygens (including phenoxy) is 1. The Kier molecular flexibility index (Phi) is 8.14. The first-order valence-electron chi connectivity index (χ1n) is 4.63. The number of unbranched alkanes of at least 4 members (excludes halogenated alkanes) is 2. The molecule has 0 rings (SSSR count). The molecule has 0 spiro atoms. The van der Waals surface area contributed by atoms with Gasteiger partial charge in [-0.25, -0.2) is 4.79 Å². The zero-order valence-electron chi connectivity index (χ0n) is 7.96. The number of carbonyl (C=O) groups is 1. The molecule has 78 valence electrons. The first-order chi connectivity index (χ1) is 6.22. The van der Waals surface area contributed by atoms with E-state index in [9.17, 15) is 4.79 Å². The molecule has 0 aromatic carbocycles. The second kappa shape index (κ2) is 8.32. The number of alkyl halides is 1. The number of halogens is 1. The van der Waals surface area contributed by atoms with E-state index < -0.39 is 12.1 Å². The van der Waals surface area contributed by atoms with E-state index in [2.05, 4.69) is 6.92 Å². The van der Waals surface area contributed by atoms with Crippen molar-refractivity contribution >= 4 is 17.6 Å². The predicted molar refractivity (Wildman–Crippen MR) is 51.8 cm³/mol. The van der Waals surface area contributed by atoms with Crippen molar-refractivity contribution in [2.75, 3.05) is 12.5 Å². The molecule has 0 aliphatic heterocycles. The molecule has 0 radical (unpaired) electrons. The fraction of sp³-hybridized carbons (Fsp3) is 0.889. The van der Waals surface area contributed by atoms with Crippen LogP contribution in [0.1, 0.15) is 32.6 Å². The fourth-order valence-corrected chi connectivity index (χ4v) is 1.05. The highest BCUT2D eigenvalue weighted by Gasteiger charge is 2.14. The van der Waals surface area contributed by atoms with Crippen molar-refractivity contribution in [3.8, 4) is 0 Å². The molecule has 13 heavy (non-hydrogen) atoms. The van der Waals surface area contributed by atoms with Gasteiger partial charge in [0.15, 0.2) is 6.10 Å². The molecule has 1 N–H and O–H groups in total. The summed E-state index contributed by atoms with van der Waals surface area (Å²) in [5.74, 6) is -0.289. The summed E-state index contributed by atoms with van der Waals surface area (Å²) >= 11 is 5.36. The minimum Gasteiger partial charge on any atom is -0.464 e. The van der Waals surface area contributed by atoms with Crippen LogP contribution in [0.15, 0.2) is 0 Å². The monoisotopic (exact) mass is 208 g/mol. The Morgan fingerprint density at radius 1 is 1.54 bits per heavy atom. The van der Waals surface area contributed by atoms with Crippen LogP contribution in [0.4, 0.5) is 0 Å². The quantitative estimate of drug-likeness (QED) is 0.394. The third-order valence-electron chi connectivity index (χ3n) is 1.65. The molecule has 0 unspecified atom stereocenters. The lowest BCUT2D eigenvalue weighted by atomic mass is 10.2. The summed E-state index contributed by atoms with van der Waals surface area (Å²) in [6.45, 7) is 2.47. The first-order valence-corrected chi connectivity index (χ1v) is 5.16. The van der Waals surface area contributed by atoms with Gasteiger partial charge < -0.3 is 9.84 Å². The number of hydrogen-bond donors (Lipinski definition) is 1. The van der Waals surface area contributed by atoms with E-state index in [1.54, 1.807) is 0 Å². The number of hydrogen-bond acceptors (Lipinski definition) is 3. The minimum atomic E-state index is -1.06. The Bertz CT molecular complexity index is 139. The normalized spacial score (nSPS) is 12.5. The minimum absolute atomic E-state index is 0.258. The van der Waals surface area contributed by atoms with Crippen molar-refractivity contribution < 1.29 is 14.6 Å². The Labute approximate surface area is 84.0 Å². The van der Waals surface area contributed by atoms with Crippen molar-refractivity contribution in [3.05, 3.63) is 0 Å². The van der Waals surface area contributed by atoms with Crippen LogP contribution in [-0.2, 0) is 9.53 Å². The molecule has 1 atom stereocenters. The van der Waals surface area contributed by atoms with Gasteiger partial charge in [-0.15, -0.1) is 11.6 Å². The van der Waals surface area contributed by atoms with Crippen LogP contribution in [0.5, 0.6) is 0 Å². The molecular formula is C9H17ClO3. The summed E-state index contributed by atoms with van der Waals surface area (Å²) in [4.78, 5) is 11.0. The van der Waals surface area contributed by atoms with Crippen LogP contribution in [0.2, 0.25) is 0 Å². The van der Waals surface area contributed by atoms with Crippen LogP contribution >= 0.6 is 11.6 Å². The average Bonchev–Trinajstić information content (AvgIpc) is 2.12. The SMILES string of the molecule is CCCCCOC(=O)[C@H](O)CCCl. The van der Waals surface area contributed by atoms with Gasteiger partial charge in [-0.2, -0.15) is 0 Å². The highest BCUT2D eigenvalue weighted by molar-refractivity contribution is 6.18. The fourth-order valence-electron chi connectivity index (χ4n) is 0.842. The summed E-state index contributed by atoms with van der Waals surface area (Å²) in [6.07, 6.45) is 2.18. The largest absolute Gasteiger partial charge is 0.464 e. The topological polar surface area (TPSA) is 46.5 Å². The molecule has 0 heterocycles. The molecule has 0 saturated heterocycles. The average molecular weight is 209 g/mol. The van der Waals surface area contributed by atoms with Crippen molar-refractivity contribution in [1.29, 1.82) is 0 Å². The van der Waals surface area contributed by atoms with Crippen LogP contribution in [-0.4, -0.2) is 29.7 Å². The van der Waals surface area contributed by atoms with E-state index in [1.165, 1.54) is 0 Å². The maximum absolute atomic E-state index is 11.0. The van der Waals surface area contributed by atoms with E-state index in [0.717, 1.165) is 19.3 Å². The van der Waals surface area contributed by atoms with Gasteiger partial charge in [0.05, 0.1) is 6.61 Å². The Balaban J connectivity index is 3.38. The highest BCUT2D eigenvalue weighted by Crippen LogP contribution is 1.99.